The van der Waals surface area contributed by atoms with Crippen molar-refractivity contribution >= 4 is 23.0 Å². The Kier molecular flexibility index (Phi) is 4.66. The van der Waals surface area contributed by atoms with Crippen LogP contribution in [0.4, 0.5) is 15.8 Å². The van der Waals surface area contributed by atoms with Crippen LogP contribution >= 0.6 is 11.6 Å². The summed E-state index contributed by atoms with van der Waals surface area (Å²) in [6.07, 6.45) is 1.71. The molecule has 0 spiro atoms. The van der Waals surface area contributed by atoms with Gasteiger partial charge in [0.05, 0.1) is 23.4 Å². The highest BCUT2D eigenvalue weighted by atomic mass is 35.5. The van der Waals surface area contributed by atoms with Crippen molar-refractivity contribution in [2.45, 2.75) is 18.9 Å². The van der Waals surface area contributed by atoms with E-state index in [1.807, 2.05) is 0 Å². The van der Waals surface area contributed by atoms with Gasteiger partial charge in [-0.2, -0.15) is 0 Å². The molecular formula is C13H18ClFN2O. The Labute approximate surface area is 112 Å². The lowest BCUT2D eigenvalue weighted by Gasteiger charge is -2.22. The second-order valence-corrected chi connectivity index (χ2v) is 4.85. The number of halogens is 2. The SMILES string of the molecule is OC(CCl)CNc1cc(F)ccc1N1CCCC1. The summed E-state index contributed by atoms with van der Waals surface area (Å²) in [5, 5.41) is 12.5. The third-order valence-corrected chi connectivity index (χ3v) is 3.47. The molecule has 0 aliphatic carbocycles. The minimum Gasteiger partial charge on any atom is -0.390 e. The van der Waals surface area contributed by atoms with Crippen molar-refractivity contribution in [1.29, 1.82) is 0 Å². The van der Waals surface area contributed by atoms with E-state index in [1.54, 1.807) is 6.07 Å². The number of benzene rings is 1. The number of anilines is 2. The molecule has 3 nitrogen and oxygen atoms in total. The molecule has 2 N–H and O–H groups in total. The highest BCUT2D eigenvalue weighted by Gasteiger charge is 2.16. The van der Waals surface area contributed by atoms with Crippen LogP contribution in [0.15, 0.2) is 18.2 Å². The molecule has 1 saturated heterocycles. The number of alkyl halides is 1. The third kappa shape index (κ3) is 3.27. The second-order valence-electron chi connectivity index (χ2n) is 4.54. The molecule has 1 heterocycles. The fourth-order valence-electron chi connectivity index (χ4n) is 2.17. The first-order valence-electron chi connectivity index (χ1n) is 6.23. The highest BCUT2D eigenvalue weighted by Crippen LogP contribution is 2.29. The van der Waals surface area contributed by atoms with Crippen LogP contribution in [0.3, 0.4) is 0 Å². The number of hydrogen-bond donors (Lipinski definition) is 2. The summed E-state index contributed by atoms with van der Waals surface area (Å²) in [4.78, 5) is 2.23. The van der Waals surface area contributed by atoms with E-state index in [4.69, 9.17) is 11.6 Å². The smallest absolute Gasteiger partial charge is 0.125 e. The lowest BCUT2D eigenvalue weighted by molar-refractivity contribution is 0.211. The van der Waals surface area contributed by atoms with Gasteiger partial charge in [0, 0.05) is 19.6 Å². The van der Waals surface area contributed by atoms with Gasteiger partial charge in [-0.15, -0.1) is 11.6 Å². The van der Waals surface area contributed by atoms with Gasteiger partial charge in [-0.3, -0.25) is 0 Å². The largest absolute Gasteiger partial charge is 0.390 e. The molecule has 1 atom stereocenters. The summed E-state index contributed by atoms with van der Waals surface area (Å²) in [6.45, 7) is 2.32. The monoisotopic (exact) mass is 272 g/mol. The summed E-state index contributed by atoms with van der Waals surface area (Å²) >= 11 is 5.54. The summed E-state index contributed by atoms with van der Waals surface area (Å²) in [5.41, 5.74) is 1.72. The lowest BCUT2D eigenvalue weighted by Crippen LogP contribution is -2.24. The molecule has 0 saturated carbocycles. The van der Waals surface area contributed by atoms with Crippen molar-refractivity contribution in [2.24, 2.45) is 0 Å². The molecule has 1 fully saturated rings. The standard InChI is InChI=1S/C13H18ClFN2O/c14-8-11(18)9-16-12-7-10(15)3-4-13(12)17-5-1-2-6-17/h3-4,7,11,16,18H,1-2,5-6,8-9H2. The first-order valence-corrected chi connectivity index (χ1v) is 6.76. The average molecular weight is 273 g/mol. The van der Waals surface area contributed by atoms with E-state index in [2.05, 4.69) is 10.2 Å². The van der Waals surface area contributed by atoms with Gasteiger partial charge in [-0.05, 0) is 31.0 Å². The van der Waals surface area contributed by atoms with Gasteiger partial charge >= 0.3 is 0 Å². The predicted molar refractivity (Wildman–Crippen MR) is 73.1 cm³/mol. The fraction of sp³-hybridized carbons (Fsp3) is 0.538. The maximum absolute atomic E-state index is 13.3. The predicted octanol–water partition coefficient (Wildman–Crippen LogP) is 2.44. The topological polar surface area (TPSA) is 35.5 Å². The normalized spacial score (nSPS) is 16.9. The molecular weight excluding hydrogens is 255 g/mol. The van der Waals surface area contributed by atoms with Gasteiger partial charge in [0.15, 0.2) is 0 Å². The van der Waals surface area contributed by atoms with Gasteiger partial charge in [0.1, 0.15) is 5.82 Å². The Balaban J connectivity index is 2.12. The van der Waals surface area contributed by atoms with E-state index in [-0.39, 0.29) is 11.7 Å². The van der Waals surface area contributed by atoms with Crippen molar-refractivity contribution in [3.63, 3.8) is 0 Å². The minimum absolute atomic E-state index is 0.168. The van der Waals surface area contributed by atoms with Crippen LogP contribution in [0, 0.1) is 5.82 Å². The molecule has 5 heteroatoms. The molecule has 1 unspecified atom stereocenters. The van der Waals surface area contributed by atoms with Gasteiger partial charge in [-0.25, -0.2) is 4.39 Å². The Morgan fingerprint density at radius 1 is 1.39 bits per heavy atom. The van der Waals surface area contributed by atoms with Crippen LogP contribution in [0.2, 0.25) is 0 Å². The fourth-order valence-corrected chi connectivity index (χ4v) is 2.28. The summed E-state index contributed by atoms with van der Waals surface area (Å²) in [6, 6.07) is 4.72. The number of aliphatic hydroxyl groups excluding tert-OH is 1. The quantitative estimate of drug-likeness (QED) is 0.808. The molecule has 0 aromatic heterocycles. The Morgan fingerprint density at radius 2 is 2.11 bits per heavy atom. The second kappa shape index (κ2) is 6.25. The van der Waals surface area contributed by atoms with Gasteiger partial charge in [0.25, 0.3) is 0 Å². The van der Waals surface area contributed by atoms with E-state index >= 15 is 0 Å². The van der Waals surface area contributed by atoms with E-state index in [1.165, 1.54) is 25.0 Å². The van der Waals surface area contributed by atoms with Crippen LogP contribution in [0.1, 0.15) is 12.8 Å². The first kappa shape index (κ1) is 13.4. The van der Waals surface area contributed by atoms with Crippen molar-refractivity contribution < 1.29 is 9.50 Å². The van der Waals surface area contributed by atoms with E-state index < -0.39 is 6.10 Å². The maximum atomic E-state index is 13.3. The zero-order valence-corrected chi connectivity index (χ0v) is 11.0. The molecule has 1 aromatic rings. The maximum Gasteiger partial charge on any atom is 0.125 e. The van der Waals surface area contributed by atoms with Crippen LogP contribution in [0.5, 0.6) is 0 Å². The number of rotatable bonds is 5. The lowest BCUT2D eigenvalue weighted by atomic mass is 10.2. The number of aliphatic hydroxyl groups is 1. The van der Waals surface area contributed by atoms with Gasteiger partial charge < -0.3 is 15.3 Å². The first-order chi connectivity index (χ1) is 8.70. The zero-order chi connectivity index (χ0) is 13.0. The molecule has 0 amide bonds. The number of nitrogens with one attached hydrogen (secondary N) is 1. The molecule has 1 aliphatic heterocycles. The van der Waals surface area contributed by atoms with E-state index in [0.717, 1.165) is 24.5 Å². The highest BCUT2D eigenvalue weighted by molar-refractivity contribution is 6.18. The van der Waals surface area contributed by atoms with E-state index in [9.17, 15) is 9.50 Å². The van der Waals surface area contributed by atoms with Crippen molar-refractivity contribution in [1.82, 2.24) is 0 Å². The Bertz CT molecular complexity index is 397. The van der Waals surface area contributed by atoms with Crippen molar-refractivity contribution in [3.05, 3.63) is 24.0 Å². The zero-order valence-electron chi connectivity index (χ0n) is 10.2. The summed E-state index contributed by atoms with van der Waals surface area (Å²) < 4.78 is 13.3. The summed E-state index contributed by atoms with van der Waals surface area (Å²) in [7, 11) is 0. The molecule has 0 bridgehead atoms. The van der Waals surface area contributed by atoms with Crippen LogP contribution in [-0.2, 0) is 0 Å². The van der Waals surface area contributed by atoms with Gasteiger partial charge in [0.2, 0.25) is 0 Å². The van der Waals surface area contributed by atoms with Crippen LogP contribution in [-0.4, -0.2) is 36.7 Å². The molecule has 0 radical (unpaired) electrons. The third-order valence-electron chi connectivity index (χ3n) is 3.11. The number of hydrogen-bond acceptors (Lipinski definition) is 3. The van der Waals surface area contributed by atoms with Gasteiger partial charge in [-0.1, -0.05) is 0 Å². The van der Waals surface area contributed by atoms with Crippen molar-refractivity contribution in [3.8, 4) is 0 Å². The van der Waals surface area contributed by atoms with Crippen molar-refractivity contribution in [2.75, 3.05) is 35.7 Å². The van der Waals surface area contributed by atoms with Crippen LogP contribution in [0.25, 0.3) is 0 Å². The number of nitrogens with zero attached hydrogens (tertiary/aromatic N) is 1. The molecule has 100 valence electrons. The molecule has 1 aromatic carbocycles. The summed E-state index contributed by atoms with van der Waals surface area (Å²) in [5.74, 6) is -0.109. The average Bonchev–Trinajstić information content (AvgIpc) is 2.89. The van der Waals surface area contributed by atoms with Crippen LogP contribution < -0.4 is 10.2 Å². The molecule has 1 aliphatic rings. The van der Waals surface area contributed by atoms with E-state index in [0.29, 0.717) is 6.54 Å². The Morgan fingerprint density at radius 3 is 2.78 bits per heavy atom. The Hall–Kier alpha value is -1.00. The molecule has 18 heavy (non-hydrogen) atoms. The molecule has 2 rings (SSSR count). The minimum atomic E-state index is -0.624.